The highest BCUT2D eigenvalue weighted by Crippen LogP contribution is 2.24. The normalized spacial score (nSPS) is 12.5. The second-order valence-corrected chi connectivity index (χ2v) is 4.46. The molecule has 4 heteroatoms. The van der Waals surface area contributed by atoms with Gasteiger partial charge in [-0.2, -0.15) is 0 Å². The van der Waals surface area contributed by atoms with Gasteiger partial charge in [0.1, 0.15) is 17.5 Å². The van der Waals surface area contributed by atoms with Crippen LogP contribution in [0.2, 0.25) is 0 Å². The van der Waals surface area contributed by atoms with Crippen molar-refractivity contribution >= 4 is 0 Å². The van der Waals surface area contributed by atoms with Crippen LogP contribution in [-0.2, 0) is 6.42 Å². The van der Waals surface area contributed by atoms with Gasteiger partial charge in [-0.3, -0.25) is 0 Å². The third kappa shape index (κ3) is 3.15. The van der Waals surface area contributed by atoms with Crippen molar-refractivity contribution in [3.8, 4) is 0 Å². The average Bonchev–Trinajstić information content (AvgIpc) is 2.35. The molecule has 0 aliphatic rings. The maximum absolute atomic E-state index is 13.5. The van der Waals surface area contributed by atoms with E-state index in [0.29, 0.717) is 5.56 Å². The van der Waals surface area contributed by atoms with E-state index in [4.69, 9.17) is 0 Å². The molecule has 1 N–H and O–H groups in total. The van der Waals surface area contributed by atoms with Gasteiger partial charge in [-0.1, -0.05) is 12.1 Å². The average molecular weight is 266 g/mol. The molecule has 100 valence electrons. The summed E-state index contributed by atoms with van der Waals surface area (Å²) < 4.78 is 39.4. The lowest BCUT2D eigenvalue weighted by Gasteiger charge is -2.14. The van der Waals surface area contributed by atoms with E-state index >= 15 is 0 Å². The third-order valence-corrected chi connectivity index (χ3v) is 3.03. The summed E-state index contributed by atoms with van der Waals surface area (Å²) in [6, 6.07) is 7.24. The second-order valence-electron chi connectivity index (χ2n) is 4.46. The van der Waals surface area contributed by atoms with Gasteiger partial charge in [-0.25, -0.2) is 13.2 Å². The van der Waals surface area contributed by atoms with Crippen LogP contribution in [0.4, 0.5) is 13.2 Å². The summed E-state index contributed by atoms with van der Waals surface area (Å²) in [5.41, 5.74) is 1.32. The molecule has 0 saturated heterocycles. The number of benzene rings is 2. The minimum Gasteiger partial charge on any atom is -0.388 e. The summed E-state index contributed by atoms with van der Waals surface area (Å²) in [6.07, 6.45) is -1.06. The molecule has 1 nitrogen and oxygen atoms in total. The molecule has 2 aromatic rings. The lowest BCUT2D eigenvalue weighted by Crippen LogP contribution is -2.06. The van der Waals surface area contributed by atoms with Crippen LogP contribution < -0.4 is 0 Å². The quantitative estimate of drug-likeness (QED) is 0.898. The first-order valence-electron chi connectivity index (χ1n) is 5.85. The SMILES string of the molecule is Cc1ccc(F)cc1C(O)Cc1ccc(F)cc1F. The summed E-state index contributed by atoms with van der Waals surface area (Å²) in [5, 5.41) is 10.0. The first-order chi connectivity index (χ1) is 8.97. The minimum atomic E-state index is -1.03. The first kappa shape index (κ1) is 13.6. The van der Waals surface area contributed by atoms with Crippen LogP contribution in [0.1, 0.15) is 22.8 Å². The number of rotatable bonds is 3. The molecule has 0 aliphatic heterocycles. The Morgan fingerprint density at radius 1 is 1.00 bits per heavy atom. The predicted molar refractivity (Wildman–Crippen MR) is 66.2 cm³/mol. The van der Waals surface area contributed by atoms with Crippen molar-refractivity contribution in [1.82, 2.24) is 0 Å². The van der Waals surface area contributed by atoms with E-state index in [2.05, 4.69) is 0 Å². The molecule has 0 saturated carbocycles. The lowest BCUT2D eigenvalue weighted by atomic mass is 9.97. The molecule has 0 fully saturated rings. The monoisotopic (exact) mass is 266 g/mol. The Bertz CT molecular complexity index is 596. The minimum absolute atomic E-state index is 0.0313. The van der Waals surface area contributed by atoms with Crippen LogP contribution in [0.15, 0.2) is 36.4 Å². The van der Waals surface area contributed by atoms with Gasteiger partial charge in [0.15, 0.2) is 0 Å². The zero-order valence-electron chi connectivity index (χ0n) is 10.3. The highest BCUT2D eigenvalue weighted by Gasteiger charge is 2.15. The van der Waals surface area contributed by atoms with E-state index in [9.17, 15) is 18.3 Å². The number of aryl methyl sites for hydroxylation is 1. The number of hydrogen-bond donors (Lipinski definition) is 1. The summed E-state index contributed by atoms with van der Waals surface area (Å²) >= 11 is 0. The van der Waals surface area contributed by atoms with E-state index in [1.807, 2.05) is 0 Å². The van der Waals surface area contributed by atoms with Crippen molar-refractivity contribution in [2.45, 2.75) is 19.4 Å². The molecule has 2 aromatic carbocycles. The van der Waals surface area contributed by atoms with Crippen LogP contribution in [0.3, 0.4) is 0 Å². The molecule has 0 spiro atoms. The Hall–Kier alpha value is -1.81. The van der Waals surface area contributed by atoms with Gasteiger partial charge < -0.3 is 5.11 Å². The maximum Gasteiger partial charge on any atom is 0.129 e. The van der Waals surface area contributed by atoms with E-state index < -0.39 is 23.6 Å². The number of hydrogen-bond acceptors (Lipinski definition) is 1. The van der Waals surface area contributed by atoms with Gasteiger partial charge in [0.25, 0.3) is 0 Å². The molecular formula is C15H13F3O. The Labute approximate surface area is 109 Å². The molecule has 2 rings (SSSR count). The Balaban J connectivity index is 2.25. The Kier molecular flexibility index (Phi) is 3.90. The van der Waals surface area contributed by atoms with Crippen LogP contribution in [0.5, 0.6) is 0 Å². The van der Waals surface area contributed by atoms with Crippen molar-refractivity contribution in [3.05, 3.63) is 70.5 Å². The van der Waals surface area contributed by atoms with E-state index in [-0.39, 0.29) is 12.0 Å². The highest BCUT2D eigenvalue weighted by molar-refractivity contribution is 5.30. The Morgan fingerprint density at radius 3 is 2.32 bits per heavy atom. The van der Waals surface area contributed by atoms with E-state index in [0.717, 1.165) is 17.7 Å². The maximum atomic E-state index is 13.5. The van der Waals surface area contributed by atoms with Crippen LogP contribution in [0, 0.1) is 24.4 Å². The van der Waals surface area contributed by atoms with Crippen molar-refractivity contribution in [2.24, 2.45) is 0 Å². The number of halogens is 3. The molecular weight excluding hydrogens is 253 g/mol. The van der Waals surface area contributed by atoms with Gasteiger partial charge in [0.2, 0.25) is 0 Å². The largest absolute Gasteiger partial charge is 0.388 e. The van der Waals surface area contributed by atoms with Crippen molar-refractivity contribution < 1.29 is 18.3 Å². The standard InChI is InChI=1S/C15H13F3O/c1-9-2-4-11(16)7-13(9)15(19)6-10-3-5-12(17)8-14(10)18/h2-5,7-8,15,19H,6H2,1H3. The van der Waals surface area contributed by atoms with Crippen LogP contribution >= 0.6 is 0 Å². The zero-order valence-corrected chi connectivity index (χ0v) is 10.3. The van der Waals surface area contributed by atoms with Crippen LogP contribution in [0.25, 0.3) is 0 Å². The van der Waals surface area contributed by atoms with Gasteiger partial charge >= 0.3 is 0 Å². The Morgan fingerprint density at radius 2 is 1.63 bits per heavy atom. The molecule has 0 aliphatic carbocycles. The van der Waals surface area contributed by atoms with Crippen molar-refractivity contribution in [3.63, 3.8) is 0 Å². The topological polar surface area (TPSA) is 20.2 Å². The number of aliphatic hydroxyl groups is 1. The second kappa shape index (κ2) is 5.45. The third-order valence-electron chi connectivity index (χ3n) is 3.03. The fourth-order valence-corrected chi connectivity index (χ4v) is 1.98. The molecule has 19 heavy (non-hydrogen) atoms. The molecule has 0 heterocycles. The molecule has 0 radical (unpaired) electrons. The number of aliphatic hydroxyl groups excluding tert-OH is 1. The molecule has 1 unspecified atom stereocenters. The molecule has 0 bridgehead atoms. The molecule has 0 amide bonds. The van der Waals surface area contributed by atoms with E-state index in [1.165, 1.54) is 18.2 Å². The van der Waals surface area contributed by atoms with Crippen molar-refractivity contribution in [1.29, 1.82) is 0 Å². The summed E-state index contributed by atoms with van der Waals surface area (Å²) in [5.74, 6) is -1.84. The first-order valence-corrected chi connectivity index (χ1v) is 5.85. The zero-order chi connectivity index (χ0) is 14.0. The van der Waals surface area contributed by atoms with E-state index in [1.54, 1.807) is 13.0 Å². The fourth-order valence-electron chi connectivity index (χ4n) is 1.98. The summed E-state index contributed by atoms with van der Waals surface area (Å²) in [6.45, 7) is 1.74. The van der Waals surface area contributed by atoms with Gasteiger partial charge in [0.05, 0.1) is 6.10 Å². The molecule has 0 aromatic heterocycles. The fraction of sp³-hybridized carbons (Fsp3) is 0.200. The lowest BCUT2D eigenvalue weighted by molar-refractivity contribution is 0.176. The summed E-state index contributed by atoms with van der Waals surface area (Å²) in [7, 11) is 0. The molecule has 1 atom stereocenters. The van der Waals surface area contributed by atoms with Crippen molar-refractivity contribution in [2.75, 3.05) is 0 Å². The van der Waals surface area contributed by atoms with Gasteiger partial charge in [-0.05, 0) is 41.8 Å². The van der Waals surface area contributed by atoms with Gasteiger partial charge in [0, 0.05) is 12.5 Å². The highest BCUT2D eigenvalue weighted by atomic mass is 19.1. The van der Waals surface area contributed by atoms with Gasteiger partial charge in [-0.15, -0.1) is 0 Å². The predicted octanol–water partition coefficient (Wildman–Crippen LogP) is 3.69. The summed E-state index contributed by atoms with van der Waals surface area (Å²) in [4.78, 5) is 0. The van der Waals surface area contributed by atoms with Crippen LogP contribution in [-0.4, -0.2) is 5.11 Å². The smallest absolute Gasteiger partial charge is 0.129 e.